The summed E-state index contributed by atoms with van der Waals surface area (Å²) in [6.07, 6.45) is 0.483. The van der Waals surface area contributed by atoms with Gasteiger partial charge in [-0.05, 0) is 12.0 Å². The minimum absolute atomic E-state index is 0.0560. The summed E-state index contributed by atoms with van der Waals surface area (Å²) in [6, 6.07) is 1.73. The van der Waals surface area contributed by atoms with E-state index in [-0.39, 0.29) is 6.42 Å². The van der Waals surface area contributed by atoms with Crippen molar-refractivity contribution in [3.8, 4) is 0 Å². The van der Waals surface area contributed by atoms with Crippen LogP contribution in [-0.4, -0.2) is 32.1 Å². The Bertz CT molecular complexity index is 333. The molecule has 5 heteroatoms. The number of aliphatic hydroxyl groups is 1. The van der Waals surface area contributed by atoms with Crippen molar-refractivity contribution in [2.75, 3.05) is 0 Å². The van der Waals surface area contributed by atoms with E-state index in [2.05, 4.69) is 18.9 Å². The molecule has 1 unspecified atom stereocenters. The van der Waals surface area contributed by atoms with Crippen LogP contribution in [0.15, 0.2) is 12.3 Å². The average molecular weight is 212 g/mol. The largest absolute Gasteiger partial charge is 0.479 e. The molecule has 2 N–H and O–H groups in total. The lowest BCUT2D eigenvalue weighted by Gasteiger charge is -2.04. The Morgan fingerprint density at radius 3 is 2.80 bits per heavy atom. The van der Waals surface area contributed by atoms with Crippen LogP contribution < -0.4 is 0 Å². The molecule has 0 fully saturated rings. The van der Waals surface area contributed by atoms with Gasteiger partial charge in [0.25, 0.3) is 0 Å². The molecule has 0 aliphatic heterocycles. The summed E-state index contributed by atoms with van der Waals surface area (Å²) in [5.74, 6) is -0.726. The van der Waals surface area contributed by atoms with Crippen molar-refractivity contribution >= 4 is 5.97 Å². The lowest BCUT2D eigenvalue weighted by atomic mass is 10.2. The maximum absolute atomic E-state index is 10.4. The summed E-state index contributed by atoms with van der Waals surface area (Å²) in [5.41, 5.74) is 0.602. The van der Waals surface area contributed by atoms with Crippen LogP contribution in [0.3, 0.4) is 0 Å². The Labute approximate surface area is 88.3 Å². The Morgan fingerprint density at radius 1 is 1.60 bits per heavy atom. The number of rotatable bonds is 5. The Kier molecular flexibility index (Phi) is 3.85. The molecule has 0 saturated heterocycles. The van der Waals surface area contributed by atoms with Gasteiger partial charge in [0.05, 0.1) is 5.69 Å². The molecule has 0 bridgehead atoms. The number of aromatic nitrogens is 2. The maximum Gasteiger partial charge on any atom is 0.332 e. The summed E-state index contributed by atoms with van der Waals surface area (Å²) >= 11 is 0. The Morgan fingerprint density at radius 2 is 2.27 bits per heavy atom. The maximum atomic E-state index is 10.4. The van der Waals surface area contributed by atoms with Crippen LogP contribution in [0.4, 0.5) is 0 Å². The van der Waals surface area contributed by atoms with Crippen molar-refractivity contribution in [3.05, 3.63) is 18.0 Å². The highest BCUT2D eigenvalue weighted by atomic mass is 16.4. The third-order valence-electron chi connectivity index (χ3n) is 1.94. The van der Waals surface area contributed by atoms with Crippen LogP contribution in [0.25, 0.3) is 0 Å². The standard InChI is InChI=1S/C10H16N2O3/c1-7(2)6-12-4-3-8(11-12)5-9(13)10(14)15/h3-4,7,9,13H,5-6H2,1-2H3,(H,14,15). The molecule has 1 aromatic rings. The van der Waals surface area contributed by atoms with Crippen molar-refractivity contribution < 1.29 is 15.0 Å². The molecule has 1 atom stereocenters. The smallest absolute Gasteiger partial charge is 0.332 e. The SMILES string of the molecule is CC(C)Cn1ccc(CC(O)C(=O)O)n1. The number of carbonyl (C=O) groups is 1. The van der Waals surface area contributed by atoms with Crippen LogP contribution in [0.1, 0.15) is 19.5 Å². The zero-order valence-electron chi connectivity index (χ0n) is 8.92. The van der Waals surface area contributed by atoms with Gasteiger partial charge in [-0.1, -0.05) is 13.8 Å². The van der Waals surface area contributed by atoms with Crippen LogP contribution >= 0.6 is 0 Å². The third kappa shape index (κ3) is 3.71. The van der Waals surface area contributed by atoms with E-state index in [1.165, 1.54) is 0 Å². The number of carboxylic acid groups (broad SMARTS) is 1. The molecule has 84 valence electrons. The van der Waals surface area contributed by atoms with Crippen molar-refractivity contribution in [2.45, 2.75) is 32.9 Å². The molecule has 1 aromatic heterocycles. The second-order valence-corrected chi connectivity index (χ2v) is 3.98. The molecule has 0 aliphatic carbocycles. The fraction of sp³-hybridized carbons (Fsp3) is 0.600. The quantitative estimate of drug-likeness (QED) is 0.746. The molecular weight excluding hydrogens is 196 g/mol. The van der Waals surface area contributed by atoms with Gasteiger partial charge in [-0.3, -0.25) is 4.68 Å². The van der Waals surface area contributed by atoms with Gasteiger partial charge in [-0.2, -0.15) is 5.10 Å². The van der Waals surface area contributed by atoms with Crippen LogP contribution in [0.2, 0.25) is 0 Å². The van der Waals surface area contributed by atoms with E-state index in [1.807, 2.05) is 0 Å². The molecular formula is C10H16N2O3. The van der Waals surface area contributed by atoms with Crippen molar-refractivity contribution in [1.82, 2.24) is 9.78 Å². The molecule has 0 aromatic carbocycles. The van der Waals surface area contributed by atoms with Gasteiger partial charge in [0.1, 0.15) is 0 Å². The topological polar surface area (TPSA) is 75.4 Å². The molecule has 0 aliphatic rings. The van der Waals surface area contributed by atoms with Gasteiger partial charge in [-0.15, -0.1) is 0 Å². The second-order valence-electron chi connectivity index (χ2n) is 3.98. The summed E-state index contributed by atoms with van der Waals surface area (Å²) in [4.78, 5) is 10.4. The Hall–Kier alpha value is -1.36. The number of nitrogens with zero attached hydrogens (tertiary/aromatic N) is 2. The van der Waals surface area contributed by atoms with E-state index in [0.29, 0.717) is 11.6 Å². The van der Waals surface area contributed by atoms with Crippen LogP contribution in [0.5, 0.6) is 0 Å². The van der Waals surface area contributed by atoms with E-state index in [0.717, 1.165) is 6.54 Å². The Balaban J connectivity index is 2.56. The third-order valence-corrected chi connectivity index (χ3v) is 1.94. The highest BCUT2D eigenvalue weighted by Gasteiger charge is 2.15. The number of carboxylic acids is 1. The number of hydrogen-bond donors (Lipinski definition) is 2. The number of hydrogen-bond acceptors (Lipinski definition) is 3. The minimum Gasteiger partial charge on any atom is -0.479 e. The van der Waals surface area contributed by atoms with E-state index in [4.69, 9.17) is 10.2 Å². The van der Waals surface area contributed by atoms with Gasteiger partial charge >= 0.3 is 5.97 Å². The van der Waals surface area contributed by atoms with E-state index >= 15 is 0 Å². The van der Waals surface area contributed by atoms with Gasteiger partial charge in [0.2, 0.25) is 0 Å². The molecule has 5 nitrogen and oxygen atoms in total. The summed E-state index contributed by atoms with van der Waals surface area (Å²) in [5, 5.41) is 21.8. The molecule has 0 amide bonds. The van der Waals surface area contributed by atoms with Gasteiger partial charge in [0, 0.05) is 19.2 Å². The summed E-state index contributed by atoms with van der Waals surface area (Å²) in [6.45, 7) is 4.95. The van der Waals surface area contributed by atoms with Crippen LogP contribution in [0, 0.1) is 5.92 Å². The molecule has 0 spiro atoms. The summed E-state index contributed by atoms with van der Waals surface area (Å²) in [7, 11) is 0. The molecule has 1 heterocycles. The molecule has 1 rings (SSSR count). The lowest BCUT2D eigenvalue weighted by molar-refractivity contribution is -0.146. The average Bonchev–Trinajstić information content (AvgIpc) is 2.51. The summed E-state index contributed by atoms with van der Waals surface area (Å²) < 4.78 is 1.76. The second kappa shape index (κ2) is 4.93. The van der Waals surface area contributed by atoms with Crippen molar-refractivity contribution in [2.24, 2.45) is 5.92 Å². The fourth-order valence-corrected chi connectivity index (χ4v) is 1.27. The zero-order valence-corrected chi connectivity index (χ0v) is 8.92. The highest BCUT2D eigenvalue weighted by Crippen LogP contribution is 2.03. The first-order valence-corrected chi connectivity index (χ1v) is 4.92. The van der Waals surface area contributed by atoms with E-state index in [9.17, 15) is 4.79 Å². The van der Waals surface area contributed by atoms with Gasteiger partial charge < -0.3 is 10.2 Å². The van der Waals surface area contributed by atoms with E-state index < -0.39 is 12.1 Å². The minimum atomic E-state index is -1.37. The van der Waals surface area contributed by atoms with Crippen molar-refractivity contribution in [3.63, 3.8) is 0 Å². The van der Waals surface area contributed by atoms with Gasteiger partial charge in [-0.25, -0.2) is 4.79 Å². The first kappa shape index (κ1) is 11.7. The first-order chi connectivity index (χ1) is 6.99. The van der Waals surface area contributed by atoms with E-state index in [1.54, 1.807) is 16.9 Å². The highest BCUT2D eigenvalue weighted by molar-refractivity contribution is 5.72. The van der Waals surface area contributed by atoms with Gasteiger partial charge in [0.15, 0.2) is 6.10 Å². The van der Waals surface area contributed by atoms with Crippen molar-refractivity contribution in [1.29, 1.82) is 0 Å². The molecule has 0 saturated carbocycles. The lowest BCUT2D eigenvalue weighted by Crippen LogP contribution is -2.22. The monoisotopic (exact) mass is 212 g/mol. The normalized spacial score (nSPS) is 13.1. The predicted octanol–water partition coefficient (Wildman–Crippen LogP) is 0.527. The molecule has 15 heavy (non-hydrogen) atoms. The molecule has 0 radical (unpaired) electrons. The number of aliphatic hydroxyl groups excluding tert-OH is 1. The zero-order chi connectivity index (χ0) is 11.4. The van der Waals surface area contributed by atoms with Crippen LogP contribution in [-0.2, 0) is 17.8 Å². The number of aliphatic carboxylic acids is 1. The predicted molar refractivity (Wildman–Crippen MR) is 54.4 cm³/mol. The fourth-order valence-electron chi connectivity index (χ4n) is 1.27. The first-order valence-electron chi connectivity index (χ1n) is 4.92.